The standard InChI is InChI=1S/C32H27P2.2C6H15N.ClH.Pd/c1-5-16-29(17-6-1)33(30-18-7-2-8-19-30)25-27-14-13-15-28(24-27)26-34(31-20-9-3-10-21-31)32-22-11-4-12-23-32;2*1-4-7(5-2)6-3;;/h1-23H,25-26H2;2*4-6H2,1-3H3;1H;/p-1. The van der Waals surface area contributed by atoms with Gasteiger partial charge in [-0.15, -0.1) is 0 Å². The van der Waals surface area contributed by atoms with Gasteiger partial charge in [0.2, 0.25) is 0 Å². The SMILES string of the molecule is CCN(CC)CC.CCN(CC)CC.[Cl-].[Pd].[c]1c(CP(c2ccccc2)c2ccccc2)cccc1CP(c1ccccc1)c1ccccc1. The van der Waals surface area contributed by atoms with E-state index in [1.165, 1.54) is 71.6 Å². The van der Waals surface area contributed by atoms with Crippen molar-refractivity contribution in [3.05, 3.63) is 157 Å². The molecule has 0 atom stereocenters. The maximum Gasteiger partial charge on any atom is 0.00137 e. The van der Waals surface area contributed by atoms with Crippen molar-refractivity contribution in [1.82, 2.24) is 9.80 Å². The van der Waals surface area contributed by atoms with Crippen LogP contribution in [0.1, 0.15) is 52.7 Å². The van der Waals surface area contributed by atoms with Crippen molar-refractivity contribution >= 4 is 37.1 Å². The molecule has 0 aliphatic heterocycles. The molecule has 0 aromatic heterocycles. The number of rotatable bonds is 14. The molecule has 271 valence electrons. The van der Waals surface area contributed by atoms with Crippen LogP contribution in [-0.2, 0) is 32.7 Å². The van der Waals surface area contributed by atoms with Crippen molar-refractivity contribution in [2.24, 2.45) is 0 Å². The quantitative estimate of drug-likeness (QED) is 0.0941. The van der Waals surface area contributed by atoms with Crippen molar-refractivity contribution in [3.63, 3.8) is 0 Å². The first-order valence-corrected chi connectivity index (χ1v) is 20.8. The molecule has 6 heteroatoms. The third kappa shape index (κ3) is 16.0. The first-order valence-electron chi connectivity index (χ1n) is 17.8. The van der Waals surface area contributed by atoms with Crippen LogP contribution in [0, 0.1) is 6.07 Å². The molecule has 0 bridgehead atoms. The number of halogens is 1. The molecule has 0 saturated carbocycles. The van der Waals surface area contributed by atoms with E-state index in [4.69, 9.17) is 0 Å². The molecule has 0 aliphatic rings. The van der Waals surface area contributed by atoms with Gasteiger partial charge in [-0.2, -0.15) is 0 Å². The second-order valence-electron chi connectivity index (χ2n) is 11.5. The van der Waals surface area contributed by atoms with Gasteiger partial charge in [0, 0.05) is 32.7 Å². The Morgan fingerprint density at radius 2 is 0.620 bits per heavy atom. The molecule has 0 amide bonds. The Kier molecular flexibility index (Phi) is 25.2. The molecule has 5 rings (SSSR count). The summed E-state index contributed by atoms with van der Waals surface area (Å²) in [6.07, 6.45) is 2.01. The smallest absolute Gasteiger partial charge is 0.00137 e. The van der Waals surface area contributed by atoms with E-state index >= 15 is 0 Å². The molecule has 5 aromatic carbocycles. The molecule has 0 unspecified atom stereocenters. The molecule has 0 N–H and O–H groups in total. The van der Waals surface area contributed by atoms with Crippen molar-refractivity contribution in [2.45, 2.75) is 53.9 Å². The van der Waals surface area contributed by atoms with E-state index in [2.05, 4.69) is 197 Å². The molecule has 50 heavy (non-hydrogen) atoms. The molecule has 1 radical (unpaired) electrons. The van der Waals surface area contributed by atoms with E-state index in [0.29, 0.717) is 0 Å². The van der Waals surface area contributed by atoms with Gasteiger partial charge in [0.15, 0.2) is 0 Å². The van der Waals surface area contributed by atoms with Crippen LogP contribution in [0.2, 0.25) is 0 Å². The molecule has 5 aromatic rings. The zero-order chi connectivity index (χ0) is 34.4. The van der Waals surface area contributed by atoms with Crippen LogP contribution in [0.3, 0.4) is 0 Å². The molecular formula is C44H57ClN2P2Pd-. The van der Waals surface area contributed by atoms with Gasteiger partial charge in [0.25, 0.3) is 0 Å². The number of benzene rings is 5. The average Bonchev–Trinajstić information content (AvgIpc) is 3.16. The molecule has 0 spiro atoms. The van der Waals surface area contributed by atoms with Gasteiger partial charge in [-0.3, -0.25) is 0 Å². The van der Waals surface area contributed by atoms with Crippen LogP contribution in [0.15, 0.2) is 140 Å². The molecule has 0 aliphatic carbocycles. The average molecular weight is 818 g/mol. The zero-order valence-corrected chi connectivity index (χ0v) is 35.0. The van der Waals surface area contributed by atoms with Gasteiger partial charge in [-0.1, -0.05) is 181 Å². The van der Waals surface area contributed by atoms with E-state index in [9.17, 15) is 0 Å². The van der Waals surface area contributed by atoms with Gasteiger partial charge in [0.1, 0.15) is 0 Å². The van der Waals surface area contributed by atoms with E-state index in [1.807, 2.05) is 0 Å². The summed E-state index contributed by atoms with van der Waals surface area (Å²) in [6, 6.07) is 54.3. The number of nitrogens with zero attached hydrogens (tertiary/aromatic N) is 2. The summed E-state index contributed by atoms with van der Waals surface area (Å²) < 4.78 is 0. The summed E-state index contributed by atoms with van der Waals surface area (Å²) in [5.41, 5.74) is 2.60. The monoisotopic (exact) mass is 816 g/mol. The third-order valence-corrected chi connectivity index (χ3v) is 13.5. The summed E-state index contributed by atoms with van der Waals surface area (Å²) in [6.45, 7) is 20.2. The maximum absolute atomic E-state index is 3.82. The van der Waals surface area contributed by atoms with E-state index in [0.717, 1.165) is 12.3 Å². The fraction of sp³-hybridized carbons (Fsp3) is 0.318. The van der Waals surface area contributed by atoms with Crippen molar-refractivity contribution in [1.29, 1.82) is 0 Å². The normalized spacial score (nSPS) is 10.4. The van der Waals surface area contributed by atoms with Gasteiger partial charge >= 0.3 is 0 Å². The minimum absolute atomic E-state index is 0. The van der Waals surface area contributed by atoms with Crippen LogP contribution in [0.5, 0.6) is 0 Å². The van der Waals surface area contributed by atoms with Crippen LogP contribution >= 0.6 is 15.8 Å². The van der Waals surface area contributed by atoms with Crippen LogP contribution in [0.4, 0.5) is 0 Å². The molecule has 0 heterocycles. The predicted octanol–water partition coefficient (Wildman–Crippen LogP) is 6.45. The van der Waals surface area contributed by atoms with Gasteiger partial charge in [-0.25, -0.2) is 0 Å². The van der Waals surface area contributed by atoms with Crippen LogP contribution in [0.25, 0.3) is 0 Å². The molecule has 2 nitrogen and oxygen atoms in total. The summed E-state index contributed by atoms with van der Waals surface area (Å²) in [5, 5.41) is 5.66. The summed E-state index contributed by atoms with van der Waals surface area (Å²) in [7, 11) is -0.947. The first-order chi connectivity index (χ1) is 23.6. The third-order valence-electron chi connectivity index (χ3n) is 8.53. The van der Waals surface area contributed by atoms with Crippen LogP contribution in [-0.4, -0.2) is 49.1 Å². The van der Waals surface area contributed by atoms with Crippen LogP contribution < -0.4 is 33.6 Å². The minimum atomic E-state index is -0.473. The number of hydrogen-bond acceptors (Lipinski definition) is 2. The zero-order valence-electron chi connectivity index (χ0n) is 30.9. The summed E-state index contributed by atoms with van der Waals surface area (Å²) in [4.78, 5) is 4.75. The molecular weight excluding hydrogens is 760 g/mol. The van der Waals surface area contributed by atoms with E-state index in [1.54, 1.807) is 0 Å². The van der Waals surface area contributed by atoms with Crippen molar-refractivity contribution in [3.8, 4) is 0 Å². The fourth-order valence-electron chi connectivity index (χ4n) is 5.53. The van der Waals surface area contributed by atoms with Gasteiger partial charge in [-0.05, 0) is 93.5 Å². The van der Waals surface area contributed by atoms with E-state index in [-0.39, 0.29) is 32.8 Å². The van der Waals surface area contributed by atoms with Crippen molar-refractivity contribution in [2.75, 3.05) is 39.3 Å². The summed E-state index contributed by atoms with van der Waals surface area (Å²) in [5.74, 6) is 0. The Morgan fingerprint density at radius 3 is 0.820 bits per heavy atom. The molecule has 0 saturated heterocycles. The number of hydrogen-bond donors (Lipinski definition) is 0. The predicted molar refractivity (Wildman–Crippen MR) is 218 cm³/mol. The second-order valence-corrected chi connectivity index (χ2v) is 15.9. The Morgan fingerprint density at radius 1 is 0.380 bits per heavy atom. The largest absolute Gasteiger partial charge is 1.00 e. The van der Waals surface area contributed by atoms with Gasteiger partial charge < -0.3 is 22.2 Å². The summed E-state index contributed by atoms with van der Waals surface area (Å²) >= 11 is 0. The van der Waals surface area contributed by atoms with Gasteiger partial charge in [0.05, 0.1) is 0 Å². The maximum atomic E-state index is 3.82. The Bertz CT molecular complexity index is 1300. The Hall–Kier alpha value is -2.17. The topological polar surface area (TPSA) is 6.48 Å². The second kappa shape index (κ2) is 27.5. The Labute approximate surface area is 327 Å². The minimum Gasteiger partial charge on any atom is -1.00 e. The molecule has 0 fully saturated rings. The van der Waals surface area contributed by atoms with Crippen molar-refractivity contribution < 1.29 is 32.8 Å². The fourth-order valence-corrected chi connectivity index (χ4v) is 10.0. The Balaban J connectivity index is 0.000000664. The first kappa shape index (κ1) is 45.9. The van der Waals surface area contributed by atoms with E-state index < -0.39 is 15.8 Å².